The number of halogens is 1. The van der Waals surface area contributed by atoms with E-state index in [1.165, 1.54) is 41.8 Å². The number of aliphatic hydroxyl groups is 2. The molecule has 0 saturated heterocycles. The summed E-state index contributed by atoms with van der Waals surface area (Å²) in [7, 11) is 0. The highest BCUT2D eigenvalue weighted by atomic mass is 19.1. The van der Waals surface area contributed by atoms with Gasteiger partial charge in [0.1, 0.15) is 5.76 Å². The number of anilines is 1. The minimum atomic E-state index is -0.898. The number of nitrogens with zero attached hydrogens (tertiary/aromatic N) is 3. The first-order chi connectivity index (χ1) is 16.2. The summed E-state index contributed by atoms with van der Waals surface area (Å²) in [6, 6.07) is 7.29. The van der Waals surface area contributed by atoms with Crippen molar-refractivity contribution in [2.24, 2.45) is 0 Å². The van der Waals surface area contributed by atoms with Gasteiger partial charge in [0.25, 0.3) is 5.91 Å². The first kappa shape index (κ1) is 21.8. The Balaban J connectivity index is 1.59. The molecule has 0 spiro atoms. The molecule has 1 fully saturated rings. The van der Waals surface area contributed by atoms with Crippen LogP contribution in [0.4, 0.5) is 10.1 Å². The van der Waals surface area contributed by atoms with Gasteiger partial charge < -0.3 is 19.9 Å². The molecule has 1 aliphatic rings. The van der Waals surface area contributed by atoms with E-state index < -0.39 is 17.8 Å². The number of benzene rings is 1. The van der Waals surface area contributed by atoms with Crippen LogP contribution < -0.4 is 16.1 Å². The van der Waals surface area contributed by atoms with Crippen molar-refractivity contribution in [1.82, 2.24) is 14.2 Å². The fourth-order valence-corrected chi connectivity index (χ4v) is 4.03. The number of fused-ring (bicyclic) bond motifs is 1. The van der Waals surface area contributed by atoms with E-state index in [2.05, 4.69) is 10.4 Å². The molecule has 4 aromatic rings. The molecule has 34 heavy (non-hydrogen) atoms. The molecule has 1 unspecified atom stereocenters. The molecule has 1 amide bonds. The van der Waals surface area contributed by atoms with Gasteiger partial charge >= 0.3 is 0 Å². The molecule has 0 aliphatic heterocycles. The summed E-state index contributed by atoms with van der Waals surface area (Å²) in [6.07, 6.45) is 5.96. The van der Waals surface area contributed by atoms with Crippen molar-refractivity contribution in [3.63, 3.8) is 0 Å². The zero-order valence-corrected chi connectivity index (χ0v) is 18.6. The Labute approximate surface area is 193 Å². The molecule has 3 aromatic heterocycles. The lowest BCUT2D eigenvalue weighted by molar-refractivity contribution is 0.102. The third-order valence-electron chi connectivity index (χ3n) is 6.02. The van der Waals surface area contributed by atoms with Crippen molar-refractivity contribution >= 4 is 22.9 Å². The van der Waals surface area contributed by atoms with Crippen LogP contribution >= 0.6 is 0 Å². The van der Waals surface area contributed by atoms with Gasteiger partial charge in [-0.25, -0.2) is 4.39 Å². The second-order valence-corrected chi connectivity index (χ2v) is 8.65. The topological polar surface area (TPSA) is 109 Å². The maximum atomic E-state index is 15.6. The minimum Gasteiger partial charge on any atom is -0.510 e. The van der Waals surface area contributed by atoms with Crippen molar-refractivity contribution in [2.45, 2.75) is 38.8 Å². The van der Waals surface area contributed by atoms with Crippen molar-refractivity contribution < 1.29 is 19.4 Å². The van der Waals surface area contributed by atoms with Crippen LogP contribution in [0.25, 0.3) is 22.4 Å². The quantitative estimate of drug-likeness (QED) is 0.422. The summed E-state index contributed by atoms with van der Waals surface area (Å²) in [6.45, 7) is 3.02. The standard InChI is InChI=1S/C25H23FN4O4/c1-13(31)15-7-19(16-11-27-30(12-16)17-3-4-17)24(26)21(8-15)28-25(34)20-10-22(14(2)32)29-6-5-18(33)9-23(20)29/h5-13,17,31-32H,3-4H2,1-2H3,(H,28,34)/b22-14-. The minimum absolute atomic E-state index is 0.0371. The predicted octanol–water partition coefficient (Wildman–Crippen LogP) is 3.35. The van der Waals surface area contributed by atoms with Crippen LogP contribution in [0.2, 0.25) is 0 Å². The number of aromatic nitrogens is 3. The lowest BCUT2D eigenvalue weighted by atomic mass is 10.0. The molecule has 5 rings (SSSR count). The van der Waals surface area contributed by atoms with Crippen LogP contribution in [-0.2, 0) is 0 Å². The van der Waals surface area contributed by atoms with Crippen LogP contribution in [0, 0.1) is 5.82 Å². The SMILES string of the molecule is C/C(O)=c1\cc(C(=O)Nc2cc(C(C)O)cc(-c3cnn(C4CC4)c3)c2F)c2cc(=O)ccn12. The van der Waals surface area contributed by atoms with Crippen LogP contribution in [0.3, 0.4) is 0 Å². The Kier molecular flexibility index (Phi) is 5.21. The lowest BCUT2D eigenvalue weighted by Gasteiger charge is -2.14. The van der Waals surface area contributed by atoms with Crippen LogP contribution in [0.5, 0.6) is 0 Å². The molecule has 9 heteroatoms. The number of hydrogen-bond donors (Lipinski definition) is 3. The van der Waals surface area contributed by atoms with Gasteiger partial charge in [-0.05, 0) is 50.5 Å². The average Bonchev–Trinajstić information content (AvgIpc) is 3.39. The zero-order chi connectivity index (χ0) is 24.1. The highest BCUT2D eigenvalue weighted by molar-refractivity contribution is 6.09. The number of pyridine rings is 1. The van der Waals surface area contributed by atoms with E-state index in [1.54, 1.807) is 30.1 Å². The fourth-order valence-electron chi connectivity index (χ4n) is 4.03. The molecule has 1 aromatic carbocycles. The number of nitrogens with one attached hydrogen (secondary N) is 1. The van der Waals surface area contributed by atoms with Crippen molar-refractivity contribution in [2.75, 3.05) is 5.32 Å². The van der Waals surface area contributed by atoms with Crippen LogP contribution in [0.15, 0.2) is 53.7 Å². The summed E-state index contributed by atoms with van der Waals surface area (Å²) >= 11 is 0. The summed E-state index contributed by atoms with van der Waals surface area (Å²) < 4.78 is 18.9. The molecule has 174 valence electrons. The number of aliphatic hydroxyl groups excluding tert-OH is 2. The smallest absolute Gasteiger partial charge is 0.257 e. The van der Waals surface area contributed by atoms with Gasteiger partial charge in [-0.1, -0.05) is 0 Å². The van der Waals surface area contributed by atoms with Gasteiger partial charge in [0.05, 0.1) is 40.5 Å². The third-order valence-corrected chi connectivity index (χ3v) is 6.02. The Morgan fingerprint density at radius 1 is 1.26 bits per heavy atom. The van der Waals surface area contributed by atoms with Gasteiger partial charge in [-0.15, -0.1) is 0 Å². The molecule has 0 radical (unpaired) electrons. The number of hydrogen-bond acceptors (Lipinski definition) is 5. The van der Waals surface area contributed by atoms with E-state index in [4.69, 9.17) is 0 Å². The lowest BCUT2D eigenvalue weighted by Crippen LogP contribution is -2.14. The predicted molar refractivity (Wildman–Crippen MR) is 125 cm³/mol. The average molecular weight is 462 g/mol. The van der Waals surface area contributed by atoms with E-state index in [0.717, 1.165) is 12.8 Å². The highest BCUT2D eigenvalue weighted by Gasteiger charge is 2.25. The molecular weight excluding hydrogens is 439 g/mol. The van der Waals surface area contributed by atoms with Gasteiger partial charge in [0, 0.05) is 35.7 Å². The van der Waals surface area contributed by atoms with Crippen molar-refractivity contribution in [3.05, 3.63) is 81.4 Å². The maximum absolute atomic E-state index is 15.6. The van der Waals surface area contributed by atoms with Crippen molar-refractivity contribution in [1.29, 1.82) is 0 Å². The van der Waals surface area contributed by atoms with Gasteiger partial charge in [0.2, 0.25) is 0 Å². The highest BCUT2D eigenvalue weighted by Crippen LogP contribution is 2.37. The first-order valence-corrected chi connectivity index (χ1v) is 11.0. The zero-order valence-electron chi connectivity index (χ0n) is 18.6. The summed E-state index contributed by atoms with van der Waals surface area (Å²) in [5.74, 6) is -1.35. The summed E-state index contributed by atoms with van der Waals surface area (Å²) in [5.41, 5.74) is 1.15. The third kappa shape index (κ3) is 3.84. The first-order valence-electron chi connectivity index (χ1n) is 11.0. The number of carbonyl (C=O) groups is 1. The van der Waals surface area contributed by atoms with Crippen molar-refractivity contribution in [3.8, 4) is 11.1 Å². The molecule has 1 aliphatic carbocycles. The Hall–Kier alpha value is -3.98. The number of amides is 1. The Morgan fingerprint density at radius 2 is 2.03 bits per heavy atom. The van der Waals surface area contributed by atoms with Gasteiger partial charge in [0.15, 0.2) is 11.2 Å². The van der Waals surface area contributed by atoms with Crippen LogP contribution in [-0.4, -0.2) is 30.3 Å². The second kappa shape index (κ2) is 8.11. The molecule has 1 atom stereocenters. The second-order valence-electron chi connectivity index (χ2n) is 8.65. The molecular formula is C25H23FN4O4. The molecule has 3 N–H and O–H groups in total. The maximum Gasteiger partial charge on any atom is 0.257 e. The number of rotatable bonds is 5. The summed E-state index contributed by atoms with van der Waals surface area (Å²) in [5, 5.41) is 27.4. The monoisotopic (exact) mass is 462 g/mol. The van der Waals surface area contributed by atoms with E-state index in [1.807, 2.05) is 0 Å². The summed E-state index contributed by atoms with van der Waals surface area (Å²) in [4.78, 5) is 25.1. The molecule has 0 bridgehead atoms. The van der Waals surface area contributed by atoms with Gasteiger partial charge in [-0.3, -0.25) is 14.3 Å². The van der Waals surface area contributed by atoms with E-state index >= 15 is 4.39 Å². The molecule has 1 saturated carbocycles. The molecule has 8 nitrogen and oxygen atoms in total. The van der Waals surface area contributed by atoms with Gasteiger partial charge in [-0.2, -0.15) is 5.10 Å². The normalized spacial score (nSPS) is 15.4. The van der Waals surface area contributed by atoms with E-state index in [-0.39, 0.29) is 33.5 Å². The molecule has 3 heterocycles. The van der Waals surface area contributed by atoms with E-state index in [0.29, 0.717) is 22.5 Å². The van der Waals surface area contributed by atoms with Crippen LogP contribution in [0.1, 0.15) is 54.8 Å². The Morgan fingerprint density at radius 3 is 2.71 bits per heavy atom. The number of carbonyl (C=O) groups excluding carboxylic acids is 1. The fraction of sp³-hybridized carbons (Fsp3) is 0.240. The largest absolute Gasteiger partial charge is 0.510 e. The Bertz CT molecular complexity index is 1550. The van der Waals surface area contributed by atoms with E-state index in [9.17, 15) is 19.8 Å².